The van der Waals surface area contributed by atoms with E-state index in [1.165, 1.54) is 24.4 Å². The standard InChI is InChI=1S/C14H12N4O3.CH4/c15-11-9(7-19)4-5-17-12(11)14(21)18-10-3-1-2-8(6-10)13(16)20;/h1-7H,15H2,(H2,16,20)(H,18,21);1H4. The predicted molar refractivity (Wildman–Crippen MR) is 83.7 cm³/mol. The molecule has 0 aliphatic rings. The van der Waals surface area contributed by atoms with Crippen molar-refractivity contribution in [1.82, 2.24) is 4.98 Å². The van der Waals surface area contributed by atoms with Crippen molar-refractivity contribution in [2.75, 3.05) is 11.1 Å². The van der Waals surface area contributed by atoms with Crippen LogP contribution < -0.4 is 16.8 Å². The third-order valence-corrected chi connectivity index (χ3v) is 2.77. The van der Waals surface area contributed by atoms with Gasteiger partial charge in [-0.25, -0.2) is 4.98 Å². The number of carbonyl (C=O) groups excluding carboxylic acids is 3. The van der Waals surface area contributed by atoms with Crippen molar-refractivity contribution in [2.45, 2.75) is 7.43 Å². The lowest BCUT2D eigenvalue weighted by atomic mass is 10.1. The summed E-state index contributed by atoms with van der Waals surface area (Å²) in [4.78, 5) is 37.8. The van der Waals surface area contributed by atoms with E-state index >= 15 is 0 Å². The minimum Gasteiger partial charge on any atom is -0.396 e. The van der Waals surface area contributed by atoms with E-state index in [4.69, 9.17) is 11.5 Å². The number of benzene rings is 1. The summed E-state index contributed by atoms with van der Waals surface area (Å²) in [6, 6.07) is 7.53. The summed E-state index contributed by atoms with van der Waals surface area (Å²) >= 11 is 0. The van der Waals surface area contributed by atoms with Crippen LogP contribution in [0.15, 0.2) is 36.5 Å². The first-order chi connectivity index (χ1) is 10.0. The molecule has 114 valence electrons. The number of hydrogen-bond donors (Lipinski definition) is 3. The van der Waals surface area contributed by atoms with Crippen molar-refractivity contribution in [2.24, 2.45) is 5.73 Å². The number of nitrogen functional groups attached to an aromatic ring is 1. The molecule has 0 bridgehead atoms. The van der Waals surface area contributed by atoms with Gasteiger partial charge in [0, 0.05) is 23.0 Å². The molecule has 2 aromatic rings. The molecule has 0 radical (unpaired) electrons. The molecule has 0 spiro atoms. The molecule has 0 unspecified atom stereocenters. The van der Waals surface area contributed by atoms with Crippen molar-refractivity contribution in [1.29, 1.82) is 0 Å². The summed E-state index contributed by atoms with van der Waals surface area (Å²) in [7, 11) is 0. The second-order valence-corrected chi connectivity index (χ2v) is 4.18. The Labute approximate surface area is 127 Å². The fraction of sp³-hybridized carbons (Fsp3) is 0.0667. The van der Waals surface area contributed by atoms with Crippen LogP contribution in [0, 0.1) is 0 Å². The maximum atomic E-state index is 12.1. The van der Waals surface area contributed by atoms with Crippen LogP contribution in [0.25, 0.3) is 0 Å². The number of hydrogen-bond acceptors (Lipinski definition) is 5. The highest BCUT2D eigenvalue weighted by atomic mass is 16.2. The van der Waals surface area contributed by atoms with E-state index in [9.17, 15) is 14.4 Å². The number of aldehydes is 1. The summed E-state index contributed by atoms with van der Waals surface area (Å²) in [5.74, 6) is -1.19. The molecule has 2 amide bonds. The smallest absolute Gasteiger partial charge is 0.276 e. The fourth-order valence-electron chi connectivity index (χ4n) is 1.71. The van der Waals surface area contributed by atoms with Gasteiger partial charge in [-0.2, -0.15) is 0 Å². The second-order valence-electron chi connectivity index (χ2n) is 4.18. The van der Waals surface area contributed by atoms with Gasteiger partial charge in [0.2, 0.25) is 5.91 Å². The summed E-state index contributed by atoms with van der Waals surface area (Å²) in [6.07, 6.45) is 1.86. The zero-order valence-corrected chi connectivity index (χ0v) is 10.9. The molecular weight excluding hydrogens is 284 g/mol. The lowest BCUT2D eigenvalue weighted by molar-refractivity contribution is 0.0995. The van der Waals surface area contributed by atoms with E-state index in [0.29, 0.717) is 12.0 Å². The van der Waals surface area contributed by atoms with Crippen LogP contribution in [0.4, 0.5) is 11.4 Å². The van der Waals surface area contributed by atoms with Crippen LogP contribution >= 0.6 is 0 Å². The van der Waals surface area contributed by atoms with E-state index in [2.05, 4.69) is 10.3 Å². The van der Waals surface area contributed by atoms with Crippen LogP contribution in [0.3, 0.4) is 0 Å². The Balaban J connectivity index is 0.00000242. The second kappa shape index (κ2) is 6.98. The summed E-state index contributed by atoms with van der Waals surface area (Å²) in [6.45, 7) is 0. The molecule has 0 saturated carbocycles. The Kier molecular flexibility index (Phi) is 5.34. The minimum atomic E-state index is -0.605. The minimum absolute atomic E-state index is 0. The van der Waals surface area contributed by atoms with Gasteiger partial charge in [-0.1, -0.05) is 13.5 Å². The normalized spacial score (nSPS) is 9.45. The lowest BCUT2D eigenvalue weighted by Crippen LogP contribution is -2.17. The van der Waals surface area contributed by atoms with Gasteiger partial charge in [-0.15, -0.1) is 0 Å². The van der Waals surface area contributed by atoms with Gasteiger partial charge < -0.3 is 16.8 Å². The van der Waals surface area contributed by atoms with Crippen LogP contribution in [0.1, 0.15) is 38.6 Å². The molecule has 1 heterocycles. The molecule has 0 fully saturated rings. The van der Waals surface area contributed by atoms with Crippen LogP contribution in [-0.4, -0.2) is 23.1 Å². The number of nitrogens with one attached hydrogen (secondary N) is 1. The van der Waals surface area contributed by atoms with Gasteiger partial charge >= 0.3 is 0 Å². The number of amides is 2. The van der Waals surface area contributed by atoms with Gasteiger partial charge in [0.15, 0.2) is 12.0 Å². The number of anilines is 2. The first-order valence-electron chi connectivity index (χ1n) is 5.94. The zero-order valence-electron chi connectivity index (χ0n) is 10.9. The molecule has 0 atom stereocenters. The van der Waals surface area contributed by atoms with Crippen molar-refractivity contribution in [3.63, 3.8) is 0 Å². The van der Waals surface area contributed by atoms with E-state index < -0.39 is 11.8 Å². The molecule has 22 heavy (non-hydrogen) atoms. The van der Waals surface area contributed by atoms with Gasteiger partial charge in [-0.3, -0.25) is 14.4 Å². The van der Waals surface area contributed by atoms with Crippen molar-refractivity contribution >= 4 is 29.5 Å². The number of primary amides is 1. The van der Waals surface area contributed by atoms with Gasteiger partial charge in [0.05, 0.1) is 5.69 Å². The third-order valence-electron chi connectivity index (χ3n) is 2.77. The number of rotatable bonds is 4. The molecule has 7 nitrogen and oxygen atoms in total. The molecule has 0 aliphatic heterocycles. The Morgan fingerprint density at radius 1 is 1.23 bits per heavy atom. The highest BCUT2D eigenvalue weighted by Gasteiger charge is 2.14. The van der Waals surface area contributed by atoms with Crippen molar-refractivity contribution in [3.8, 4) is 0 Å². The highest BCUT2D eigenvalue weighted by molar-refractivity contribution is 6.08. The Hall–Kier alpha value is -3.22. The van der Waals surface area contributed by atoms with E-state index in [-0.39, 0.29) is 29.9 Å². The van der Waals surface area contributed by atoms with E-state index in [1.807, 2.05) is 0 Å². The third kappa shape index (κ3) is 3.45. The first kappa shape index (κ1) is 16.8. The van der Waals surface area contributed by atoms with E-state index in [0.717, 1.165) is 0 Å². The first-order valence-corrected chi connectivity index (χ1v) is 5.94. The monoisotopic (exact) mass is 300 g/mol. The van der Waals surface area contributed by atoms with E-state index in [1.54, 1.807) is 12.1 Å². The average molecular weight is 300 g/mol. The van der Waals surface area contributed by atoms with Crippen LogP contribution in [0.5, 0.6) is 0 Å². The molecule has 5 N–H and O–H groups in total. The number of pyridine rings is 1. The Morgan fingerprint density at radius 2 is 1.95 bits per heavy atom. The molecule has 0 saturated heterocycles. The predicted octanol–water partition coefficient (Wildman–Crippen LogP) is 1.46. The molecule has 1 aromatic carbocycles. The molecule has 0 aliphatic carbocycles. The van der Waals surface area contributed by atoms with Crippen LogP contribution in [-0.2, 0) is 0 Å². The van der Waals surface area contributed by atoms with Crippen LogP contribution in [0.2, 0.25) is 0 Å². The molecule has 7 heteroatoms. The number of nitrogens with zero attached hydrogens (tertiary/aromatic N) is 1. The summed E-state index contributed by atoms with van der Waals surface area (Å²) in [5.41, 5.74) is 11.6. The largest absolute Gasteiger partial charge is 0.396 e. The average Bonchev–Trinajstić information content (AvgIpc) is 2.47. The SMILES string of the molecule is C.NC(=O)c1cccc(NC(=O)c2nccc(C=O)c2N)c1. The fourth-order valence-corrected chi connectivity index (χ4v) is 1.71. The molecule has 2 rings (SSSR count). The van der Waals surface area contributed by atoms with Gasteiger partial charge in [0.1, 0.15) is 0 Å². The highest BCUT2D eigenvalue weighted by Crippen LogP contribution is 2.16. The lowest BCUT2D eigenvalue weighted by Gasteiger charge is -2.08. The maximum Gasteiger partial charge on any atom is 0.276 e. The van der Waals surface area contributed by atoms with Gasteiger partial charge in [0.25, 0.3) is 5.91 Å². The quantitative estimate of drug-likeness (QED) is 0.736. The zero-order chi connectivity index (χ0) is 15.4. The summed E-state index contributed by atoms with van der Waals surface area (Å²) < 4.78 is 0. The Bertz CT molecular complexity index is 728. The number of carbonyl (C=O) groups is 3. The molecule has 1 aromatic heterocycles. The topological polar surface area (TPSA) is 128 Å². The van der Waals surface area contributed by atoms with Crippen molar-refractivity contribution in [3.05, 3.63) is 53.3 Å². The van der Waals surface area contributed by atoms with Gasteiger partial charge in [-0.05, 0) is 24.3 Å². The summed E-state index contributed by atoms with van der Waals surface area (Å²) in [5, 5.41) is 2.54. The maximum absolute atomic E-state index is 12.1. The molecular formula is C15H16N4O3. The Morgan fingerprint density at radius 3 is 2.59 bits per heavy atom. The number of aromatic nitrogens is 1. The number of nitrogens with two attached hydrogens (primary N) is 2. The van der Waals surface area contributed by atoms with Crippen molar-refractivity contribution < 1.29 is 14.4 Å².